The van der Waals surface area contributed by atoms with Crippen molar-refractivity contribution in [3.8, 4) is 5.75 Å². The van der Waals surface area contributed by atoms with Gasteiger partial charge in [0.25, 0.3) is 0 Å². The number of aryl methyl sites for hydroxylation is 4. The van der Waals surface area contributed by atoms with E-state index in [1.807, 2.05) is 6.08 Å². The average molecular weight is 557 g/mol. The van der Waals surface area contributed by atoms with Crippen LogP contribution in [0, 0.1) is 30.4 Å². The second-order valence-corrected chi connectivity index (χ2v) is 11.0. The summed E-state index contributed by atoms with van der Waals surface area (Å²) in [4.78, 5) is 0. The third kappa shape index (κ3) is 7.52. The van der Waals surface area contributed by atoms with Gasteiger partial charge < -0.3 is 4.74 Å². The summed E-state index contributed by atoms with van der Waals surface area (Å²) in [7, 11) is 0. The molecule has 6 heteroatoms. The van der Waals surface area contributed by atoms with Crippen LogP contribution in [-0.2, 0) is 31.8 Å². The van der Waals surface area contributed by atoms with Crippen molar-refractivity contribution >= 4 is 0 Å². The van der Waals surface area contributed by atoms with Gasteiger partial charge in [0, 0.05) is 0 Å². The average Bonchev–Trinajstić information content (AvgIpc) is 2.95. The van der Waals surface area contributed by atoms with E-state index in [0.29, 0.717) is 12.3 Å². The first-order chi connectivity index (χ1) is 19.2. The van der Waals surface area contributed by atoms with Crippen molar-refractivity contribution in [1.29, 1.82) is 0 Å². The third-order valence-corrected chi connectivity index (χ3v) is 8.05. The molecule has 1 fully saturated rings. The number of hydrogen-bond donors (Lipinski definition) is 0. The Morgan fingerprint density at radius 2 is 1.38 bits per heavy atom. The molecule has 3 aromatic carbocycles. The van der Waals surface area contributed by atoms with Gasteiger partial charge in [-0.25, -0.2) is 8.78 Å². The van der Waals surface area contributed by atoms with Gasteiger partial charge in [0.2, 0.25) is 0 Å². The molecule has 0 bridgehead atoms. The highest BCUT2D eigenvalue weighted by molar-refractivity contribution is 5.37. The summed E-state index contributed by atoms with van der Waals surface area (Å²) >= 11 is 0. The number of ether oxygens (including phenoxy) is 1. The van der Waals surface area contributed by atoms with E-state index in [2.05, 4.69) is 30.8 Å². The van der Waals surface area contributed by atoms with Crippen LogP contribution in [0.25, 0.3) is 0 Å². The van der Waals surface area contributed by atoms with Crippen molar-refractivity contribution in [3.05, 3.63) is 112 Å². The highest BCUT2D eigenvalue weighted by atomic mass is 19.3. The van der Waals surface area contributed by atoms with E-state index in [1.165, 1.54) is 36.2 Å². The van der Waals surface area contributed by atoms with Crippen LogP contribution >= 0.6 is 0 Å². The van der Waals surface area contributed by atoms with Gasteiger partial charge in [0.1, 0.15) is 11.3 Å². The van der Waals surface area contributed by atoms with E-state index in [9.17, 15) is 13.2 Å². The fourth-order valence-electron chi connectivity index (χ4n) is 5.61. The molecular formula is C34H37F5O. The fourth-order valence-corrected chi connectivity index (χ4v) is 5.61. The quantitative estimate of drug-likeness (QED) is 0.159. The van der Waals surface area contributed by atoms with E-state index in [4.69, 9.17) is 4.74 Å². The zero-order valence-electron chi connectivity index (χ0n) is 23.0. The second-order valence-electron chi connectivity index (χ2n) is 11.0. The lowest BCUT2D eigenvalue weighted by Gasteiger charge is -2.27. The van der Waals surface area contributed by atoms with Crippen molar-refractivity contribution in [2.45, 2.75) is 70.8 Å². The Kier molecular flexibility index (Phi) is 10.0. The summed E-state index contributed by atoms with van der Waals surface area (Å²) < 4.78 is 77.9. The summed E-state index contributed by atoms with van der Waals surface area (Å²) in [5.74, 6) is -2.56. The minimum atomic E-state index is -4.05. The minimum absolute atomic E-state index is 0.0595. The van der Waals surface area contributed by atoms with E-state index in [-0.39, 0.29) is 35.9 Å². The molecule has 0 unspecified atom stereocenters. The van der Waals surface area contributed by atoms with Crippen LogP contribution in [0.15, 0.2) is 67.3 Å². The predicted molar refractivity (Wildman–Crippen MR) is 150 cm³/mol. The molecule has 1 saturated carbocycles. The van der Waals surface area contributed by atoms with Crippen molar-refractivity contribution in [1.82, 2.24) is 0 Å². The maximum atomic E-state index is 15.1. The predicted octanol–water partition coefficient (Wildman–Crippen LogP) is 9.62. The molecule has 0 saturated heterocycles. The van der Waals surface area contributed by atoms with Crippen LogP contribution in [0.4, 0.5) is 22.0 Å². The molecule has 0 atom stereocenters. The first kappa shape index (κ1) is 29.8. The van der Waals surface area contributed by atoms with E-state index in [0.717, 1.165) is 50.5 Å². The zero-order chi connectivity index (χ0) is 28.7. The lowest BCUT2D eigenvalue weighted by Crippen LogP contribution is -2.26. The first-order valence-electron chi connectivity index (χ1n) is 14.1. The number of benzene rings is 3. The molecule has 0 radical (unpaired) electrons. The molecule has 1 nitrogen and oxygen atoms in total. The fraction of sp³-hybridized carbons (Fsp3) is 0.412. The summed E-state index contributed by atoms with van der Waals surface area (Å²) in [5, 5.41) is 0. The normalized spacial score (nSPS) is 17.6. The molecule has 0 aromatic heterocycles. The lowest BCUT2D eigenvalue weighted by molar-refractivity contribution is -0.188. The zero-order valence-corrected chi connectivity index (χ0v) is 23.0. The standard InChI is InChI=1S/C34H37F5O/c1-3-4-24-5-7-25(8-6-24)9-10-27-16-19-30(20-17-27)40-34(38,39)31-23(2)21-29(32(36)33(31)37)18-15-26-11-13-28(22-35)14-12-26/h3,5-8,16-17,19-21,26,28H,1,4,9-15,18,22H2,2H3. The molecule has 0 aliphatic heterocycles. The van der Waals surface area contributed by atoms with Gasteiger partial charge in [-0.1, -0.05) is 61.4 Å². The molecule has 0 heterocycles. The second kappa shape index (κ2) is 13.5. The third-order valence-electron chi connectivity index (χ3n) is 8.05. The molecule has 40 heavy (non-hydrogen) atoms. The minimum Gasteiger partial charge on any atom is -0.429 e. The Balaban J connectivity index is 1.37. The summed E-state index contributed by atoms with van der Waals surface area (Å²) in [6, 6.07) is 15.8. The Labute approximate surface area is 234 Å². The van der Waals surface area contributed by atoms with Crippen LogP contribution in [-0.4, -0.2) is 6.67 Å². The molecule has 214 valence electrons. The van der Waals surface area contributed by atoms with Gasteiger partial charge in [-0.15, -0.1) is 6.58 Å². The van der Waals surface area contributed by atoms with Crippen LogP contribution in [0.3, 0.4) is 0 Å². The largest absolute Gasteiger partial charge is 0.429 e. The van der Waals surface area contributed by atoms with Gasteiger partial charge in [-0.05, 0) is 104 Å². The van der Waals surface area contributed by atoms with Crippen LogP contribution in [0.1, 0.15) is 65.5 Å². The van der Waals surface area contributed by atoms with Gasteiger partial charge in [-0.3, -0.25) is 4.39 Å². The van der Waals surface area contributed by atoms with Crippen LogP contribution in [0.2, 0.25) is 0 Å². The Hall–Kier alpha value is -3.15. The van der Waals surface area contributed by atoms with Gasteiger partial charge in [-0.2, -0.15) is 8.78 Å². The first-order valence-corrected chi connectivity index (χ1v) is 14.1. The summed E-state index contributed by atoms with van der Waals surface area (Å²) in [6.45, 7) is 4.77. The van der Waals surface area contributed by atoms with Gasteiger partial charge >= 0.3 is 6.11 Å². The number of alkyl halides is 3. The molecule has 3 aromatic rings. The van der Waals surface area contributed by atoms with Crippen molar-refractivity contribution in [2.75, 3.05) is 6.67 Å². The maximum Gasteiger partial charge on any atom is 0.429 e. The SMILES string of the molecule is C=CCc1ccc(CCc2ccc(OC(F)(F)c3c(C)cc(CCC4CCC(CF)CC4)c(F)c3F)cc2)cc1. The summed E-state index contributed by atoms with van der Waals surface area (Å²) in [5.41, 5.74) is 2.25. The highest BCUT2D eigenvalue weighted by Crippen LogP contribution is 2.38. The topological polar surface area (TPSA) is 9.23 Å². The monoisotopic (exact) mass is 556 g/mol. The molecule has 0 amide bonds. The number of halogens is 5. The molecule has 1 aliphatic rings. The van der Waals surface area contributed by atoms with Gasteiger partial charge in [0.05, 0.1) is 6.67 Å². The van der Waals surface area contributed by atoms with E-state index >= 15 is 8.78 Å². The summed E-state index contributed by atoms with van der Waals surface area (Å²) in [6.07, 6.45) is 4.30. The smallest absolute Gasteiger partial charge is 0.429 e. The molecule has 0 spiro atoms. The molecule has 1 aliphatic carbocycles. The van der Waals surface area contributed by atoms with Gasteiger partial charge in [0.15, 0.2) is 11.6 Å². The van der Waals surface area contributed by atoms with Crippen molar-refractivity contribution in [3.63, 3.8) is 0 Å². The molecule has 0 N–H and O–H groups in total. The Bertz CT molecular complexity index is 1260. The number of rotatable bonds is 12. The highest BCUT2D eigenvalue weighted by Gasteiger charge is 2.41. The van der Waals surface area contributed by atoms with Crippen molar-refractivity contribution < 1.29 is 26.7 Å². The molecule has 4 rings (SSSR count). The number of allylic oxidation sites excluding steroid dienone is 1. The van der Waals surface area contributed by atoms with Crippen molar-refractivity contribution in [2.24, 2.45) is 11.8 Å². The van der Waals surface area contributed by atoms with Crippen LogP contribution < -0.4 is 4.74 Å². The van der Waals surface area contributed by atoms with E-state index < -0.39 is 23.3 Å². The Morgan fingerprint density at radius 1 is 0.825 bits per heavy atom. The van der Waals surface area contributed by atoms with E-state index in [1.54, 1.807) is 12.1 Å². The Morgan fingerprint density at radius 3 is 1.95 bits per heavy atom. The lowest BCUT2D eigenvalue weighted by atomic mass is 9.80. The molecular weight excluding hydrogens is 519 g/mol. The maximum absolute atomic E-state index is 15.1. The van der Waals surface area contributed by atoms with Crippen LogP contribution in [0.5, 0.6) is 5.75 Å². The number of hydrogen-bond acceptors (Lipinski definition) is 1.